The summed E-state index contributed by atoms with van der Waals surface area (Å²) in [5.74, 6) is 4.08. The fourth-order valence-electron chi connectivity index (χ4n) is 14.2. The van der Waals surface area contributed by atoms with Gasteiger partial charge in [-0.3, -0.25) is 0 Å². The highest BCUT2D eigenvalue weighted by Crippen LogP contribution is 2.66. The van der Waals surface area contributed by atoms with Crippen LogP contribution in [-0.4, -0.2) is 10.2 Å². The van der Waals surface area contributed by atoms with E-state index in [1.54, 1.807) is 0 Å². The van der Waals surface area contributed by atoms with Gasteiger partial charge in [-0.2, -0.15) is 5.26 Å². The third-order valence-corrected chi connectivity index (χ3v) is 17.6. The molecule has 0 radical (unpaired) electrons. The van der Waals surface area contributed by atoms with Crippen molar-refractivity contribution >= 4 is 0 Å². The van der Waals surface area contributed by atoms with Crippen molar-refractivity contribution in [3.05, 3.63) is 323 Å². The number of nitrogens with zero attached hydrogens (tertiary/aromatic N) is 3. The Kier molecular flexibility index (Phi) is 10.1. The van der Waals surface area contributed by atoms with E-state index in [-0.39, 0.29) is 0 Å². The van der Waals surface area contributed by atoms with Crippen LogP contribution < -0.4 is 9.47 Å². The zero-order chi connectivity index (χ0) is 54.8. The van der Waals surface area contributed by atoms with Crippen molar-refractivity contribution in [2.45, 2.75) is 10.8 Å². The van der Waals surface area contributed by atoms with Crippen molar-refractivity contribution < 1.29 is 13.9 Å². The molecule has 2 aliphatic heterocycles. The zero-order valence-corrected chi connectivity index (χ0v) is 44.5. The van der Waals surface area contributed by atoms with Crippen LogP contribution in [0.3, 0.4) is 0 Å². The molecule has 0 fully saturated rings. The molecule has 83 heavy (non-hydrogen) atoms. The summed E-state index contributed by atoms with van der Waals surface area (Å²) in [4.78, 5) is 0. The third-order valence-electron chi connectivity index (χ3n) is 17.6. The molecule has 0 atom stereocenters. The Hall–Kier alpha value is -11.1. The van der Waals surface area contributed by atoms with Crippen LogP contribution in [0.15, 0.2) is 277 Å². The van der Waals surface area contributed by atoms with Crippen molar-refractivity contribution in [3.8, 4) is 119 Å². The predicted octanol–water partition coefficient (Wildman–Crippen LogP) is 18.9. The number of nitriles is 1. The average Bonchev–Trinajstić information content (AvgIpc) is 1.72. The second kappa shape index (κ2) is 17.9. The second-order valence-corrected chi connectivity index (χ2v) is 21.8. The van der Waals surface area contributed by atoms with Crippen LogP contribution >= 0.6 is 0 Å². The molecule has 13 aromatic rings. The van der Waals surface area contributed by atoms with Gasteiger partial charge in [0.05, 0.1) is 22.5 Å². The molecule has 2 aliphatic carbocycles. The number of aromatic nitrogens is 2. The molecule has 0 amide bonds. The number of hydrogen-bond donors (Lipinski definition) is 0. The number of rotatable bonds is 6. The smallest absolute Gasteiger partial charge is 0.248 e. The molecular weight excluding hydrogens is 1010 g/mol. The Bertz CT molecular complexity index is 4820. The molecule has 1 aromatic heterocycles. The SMILES string of the molecule is N#Cc1ccccc1-c1cccc(-c2cc(-c3ccc4c(c3)C3(c5ccccc5-c5ccccc53)c3cccc(-c5cccc(-c6nnc(-c7ccccc7)o6)c5)c3O4)cc3c2Oc2ccccc2C32c3ccccc3-c3ccccc32)c1. The summed E-state index contributed by atoms with van der Waals surface area (Å²) in [6.45, 7) is 0. The number of hydrogen-bond acceptors (Lipinski definition) is 6. The van der Waals surface area contributed by atoms with Gasteiger partial charge in [-0.05, 0) is 145 Å². The van der Waals surface area contributed by atoms with Crippen LogP contribution in [0.5, 0.6) is 23.0 Å². The maximum absolute atomic E-state index is 10.3. The van der Waals surface area contributed by atoms with Gasteiger partial charge in [0.1, 0.15) is 23.0 Å². The number of para-hydroxylation sites is 2. The summed E-state index contributed by atoms with van der Waals surface area (Å²) in [6.07, 6.45) is 0. The van der Waals surface area contributed by atoms with E-state index in [1.165, 1.54) is 44.5 Å². The van der Waals surface area contributed by atoms with Gasteiger partial charge in [0.2, 0.25) is 11.8 Å². The van der Waals surface area contributed by atoms with Gasteiger partial charge in [0.25, 0.3) is 0 Å². The summed E-state index contributed by atoms with van der Waals surface area (Å²) >= 11 is 0. The molecule has 3 heterocycles. The van der Waals surface area contributed by atoms with E-state index in [9.17, 15) is 5.26 Å². The lowest BCUT2D eigenvalue weighted by atomic mass is 9.64. The van der Waals surface area contributed by atoms with Crippen molar-refractivity contribution in [2.24, 2.45) is 0 Å². The minimum absolute atomic E-state index is 0.440. The molecule has 6 nitrogen and oxygen atoms in total. The molecule has 6 heteroatoms. The molecule has 386 valence electrons. The molecule has 12 aromatic carbocycles. The molecular formula is C77H45N3O3. The maximum Gasteiger partial charge on any atom is 0.248 e. The normalized spacial score (nSPS) is 13.7. The van der Waals surface area contributed by atoms with Crippen LogP contribution in [-0.2, 0) is 10.8 Å². The molecule has 2 spiro atoms. The summed E-state index contributed by atoms with van der Waals surface area (Å²) < 4.78 is 21.1. The predicted molar refractivity (Wildman–Crippen MR) is 326 cm³/mol. The van der Waals surface area contributed by atoms with E-state index in [0.717, 1.165) is 101 Å². The standard InChI is InChI=1S/C77H45N3O3/c78-46-53-21-4-5-26-55(53)49-22-16-24-51(41-49)61-43-54(45-69-73(61)81-70-38-15-14-36-66(70)76(69)62-32-10-6-27-57(62)58-28-7-11-33-63(58)76)48-39-40-71-68(44-48)77(64-34-12-8-29-59(64)60-30-9-13-35-65(60)77)67-37-18-31-56(72(67)82-71)50-23-17-25-52(42-50)75-80-79-74(83-75)47-19-2-1-3-20-47/h1-45H. The average molecular weight is 1060 g/mol. The lowest BCUT2D eigenvalue weighted by molar-refractivity contribution is 0.437. The molecule has 0 saturated heterocycles. The maximum atomic E-state index is 10.3. The molecule has 17 rings (SSSR count). The van der Waals surface area contributed by atoms with Gasteiger partial charge in [-0.1, -0.05) is 206 Å². The van der Waals surface area contributed by atoms with Gasteiger partial charge in [0.15, 0.2) is 0 Å². The van der Waals surface area contributed by atoms with Gasteiger partial charge in [-0.15, -0.1) is 10.2 Å². The lowest BCUT2D eigenvalue weighted by Crippen LogP contribution is -2.32. The monoisotopic (exact) mass is 1060 g/mol. The highest BCUT2D eigenvalue weighted by Gasteiger charge is 2.53. The molecule has 4 aliphatic rings. The Morgan fingerprint density at radius 1 is 0.277 bits per heavy atom. The van der Waals surface area contributed by atoms with Gasteiger partial charge < -0.3 is 13.9 Å². The van der Waals surface area contributed by atoms with Crippen LogP contribution in [0.4, 0.5) is 0 Å². The fraction of sp³-hybridized carbons (Fsp3) is 0.0260. The second-order valence-electron chi connectivity index (χ2n) is 21.8. The summed E-state index contributed by atoms with van der Waals surface area (Å²) in [7, 11) is 0. The van der Waals surface area contributed by atoms with Crippen LogP contribution in [0.25, 0.3) is 89.7 Å². The quantitative estimate of drug-likeness (QED) is 0.165. The van der Waals surface area contributed by atoms with Crippen molar-refractivity contribution in [1.29, 1.82) is 5.26 Å². The summed E-state index contributed by atoms with van der Waals surface area (Å²) in [5.41, 5.74) is 22.3. The number of fused-ring (bicyclic) bond motifs is 18. The minimum atomic E-state index is -0.789. The van der Waals surface area contributed by atoms with Gasteiger partial charge >= 0.3 is 0 Å². The first-order valence-corrected chi connectivity index (χ1v) is 28.0. The van der Waals surface area contributed by atoms with E-state index in [0.29, 0.717) is 17.3 Å². The topological polar surface area (TPSA) is 81.2 Å². The summed E-state index contributed by atoms with van der Waals surface area (Å²) in [5, 5.41) is 19.3. The Balaban J connectivity index is 0.907. The van der Waals surface area contributed by atoms with Crippen molar-refractivity contribution in [3.63, 3.8) is 0 Å². The first-order valence-electron chi connectivity index (χ1n) is 28.0. The lowest BCUT2D eigenvalue weighted by Gasteiger charge is -2.41. The Morgan fingerprint density at radius 2 is 0.711 bits per heavy atom. The molecule has 0 bridgehead atoms. The van der Waals surface area contributed by atoms with Crippen molar-refractivity contribution in [2.75, 3.05) is 0 Å². The summed E-state index contributed by atoms with van der Waals surface area (Å²) in [6, 6.07) is 99.1. The highest BCUT2D eigenvalue weighted by atomic mass is 16.5. The van der Waals surface area contributed by atoms with Crippen LogP contribution in [0.2, 0.25) is 0 Å². The highest BCUT2D eigenvalue weighted by molar-refractivity contribution is 5.95. The molecule has 0 unspecified atom stereocenters. The van der Waals surface area contributed by atoms with Crippen LogP contribution in [0.1, 0.15) is 50.1 Å². The van der Waals surface area contributed by atoms with E-state index in [1.807, 2.05) is 66.7 Å². The van der Waals surface area contributed by atoms with Crippen molar-refractivity contribution in [1.82, 2.24) is 10.2 Å². The number of benzene rings is 12. The fourth-order valence-corrected chi connectivity index (χ4v) is 14.2. The largest absolute Gasteiger partial charge is 0.456 e. The van der Waals surface area contributed by atoms with E-state index >= 15 is 0 Å². The third kappa shape index (κ3) is 6.65. The van der Waals surface area contributed by atoms with Gasteiger partial charge in [0, 0.05) is 44.5 Å². The van der Waals surface area contributed by atoms with Crippen LogP contribution in [0, 0.1) is 11.3 Å². The van der Waals surface area contributed by atoms with E-state index < -0.39 is 10.8 Å². The zero-order valence-electron chi connectivity index (χ0n) is 44.5. The molecule has 0 N–H and O–H groups in total. The Morgan fingerprint density at radius 3 is 1.36 bits per heavy atom. The first kappa shape index (κ1) is 46.8. The van der Waals surface area contributed by atoms with E-state index in [4.69, 9.17) is 13.9 Å². The van der Waals surface area contributed by atoms with E-state index in [2.05, 4.69) is 223 Å². The molecule has 0 saturated carbocycles. The first-order chi connectivity index (χ1) is 41.1. The Labute approximate surface area is 479 Å². The minimum Gasteiger partial charge on any atom is -0.456 e. The van der Waals surface area contributed by atoms with Gasteiger partial charge in [-0.25, -0.2) is 0 Å². The number of ether oxygens (including phenoxy) is 2.